The lowest BCUT2D eigenvalue weighted by molar-refractivity contribution is -0.134. The summed E-state index contributed by atoms with van der Waals surface area (Å²) in [5.41, 5.74) is 0. The van der Waals surface area contributed by atoms with Gasteiger partial charge in [0.1, 0.15) is 0 Å². The van der Waals surface area contributed by atoms with E-state index in [-0.39, 0.29) is 18.4 Å². The maximum atomic E-state index is 11.6. The Kier molecular flexibility index (Phi) is 9.28. The molecule has 1 N–H and O–H groups in total. The van der Waals surface area contributed by atoms with E-state index in [0.29, 0.717) is 13.0 Å². The van der Waals surface area contributed by atoms with E-state index in [9.17, 15) is 9.59 Å². The number of amides is 2. The zero-order valence-corrected chi connectivity index (χ0v) is 11.7. The monoisotopic (exact) mass is 292 g/mol. The average Bonchev–Trinajstić information content (AvgIpc) is 2.26. The van der Waals surface area contributed by atoms with Gasteiger partial charge in [0.05, 0.1) is 6.54 Å². The number of carbonyl (C=O) groups is 2. The molecule has 0 atom stereocenters. The fraction of sp³-hybridized carbons (Fsp3) is 0.818. The summed E-state index contributed by atoms with van der Waals surface area (Å²) in [5, 5.41) is 3.66. The molecule has 0 aromatic carbocycles. The normalized spacial score (nSPS) is 9.94. The van der Waals surface area contributed by atoms with Crippen molar-refractivity contribution in [3.8, 4) is 0 Å². The number of nitrogens with zero attached hydrogens (tertiary/aromatic N) is 1. The maximum absolute atomic E-state index is 11.6. The molecule has 0 saturated carbocycles. The largest absolute Gasteiger partial charge is 0.355 e. The molecule has 94 valence electrons. The minimum atomic E-state index is -0.0850. The Morgan fingerprint density at radius 3 is 2.56 bits per heavy atom. The van der Waals surface area contributed by atoms with Crippen molar-refractivity contribution in [3.63, 3.8) is 0 Å². The highest BCUT2D eigenvalue weighted by molar-refractivity contribution is 9.09. The van der Waals surface area contributed by atoms with Crippen LogP contribution >= 0.6 is 15.9 Å². The second-order valence-electron chi connectivity index (χ2n) is 3.75. The first kappa shape index (κ1) is 15.4. The number of carbonyl (C=O) groups excluding carboxylic acids is 2. The first-order valence-electron chi connectivity index (χ1n) is 5.68. The standard InChI is InChI=1S/C11H21BrN2O2/c1-3-8-13-10(15)9-14(2)11(16)6-4-5-7-12/h3-9H2,1-2H3,(H,13,15). The van der Waals surface area contributed by atoms with E-state index < -0.39 is 0 Å². The molecule has 0 aromatic heterocycles. The molecule has 0 aliphatic rings. The number of hydrogen-bond acceptors (Lipinski definition) is 2. The summed E-state index contributed by atoms with van der Waals surface area (Å²) in [6, 6.07) is 0. The summed E-state index contributed by atoms with van der Waals surface area (Å²) in [6.45, 7) is 2.83. The second kappa shape index (κ2) is 9.63. The first-order chi connectivity index (χ1) is 7.61. The van der Waals surface area contributed by atoms with Gasteiger partial charge >= 0.3 is 0 Å². The van der Waals surface area contributed by atoms with Gasteiger partial charge < -0.3 is 10.2 Å². The molecule has 0 aromatic rings. The van der Waals surface area contributed by atoms with Crippen molar-refractivity contribution < 1.29 is 9.59 Å². The molecule has 16 heavy (non-hydrogen) atoms. The molecule has 0 unspecified atom stereocenters. The van der Waals surface area contributed by atoms with Crippen LogP contribution in [-0.4, -0.2) is 42.2 Å². The molecule has 0 bridgehead atoms. The van der Waals surface area contributed by atoms with Crippen LogP contribution in [0.3, 0.4) is 0 Å². The van der Waals surface area contributed by atoms with Crippen molar-refractivity contribution in [2.24, 2.45) is 0 Å². The minimum Gasteiger partial charge on any atom is -0.355 e. The molecule has 0 aliphatic heterocycles. The van der Waals surface area contributed by atoms with Gasteiger partial charge in [0.25, 0.3) is 0 Å². The van der Waals surface area contributed by atoms with E-state index in [1.54, 1.807) is 7.05 Å². The van der Waals surface area contributed by atoms with E-state index in [2.05, 4.69) is 21.2 Å². The Labute approximate surface area is 106 Å². The molecule has 0 heterocycles. The van der Waals surface area contributed by atoms with Crippen molar-refractivity contribution in [3.05, 3.63) is 0 Å². The molecule has 5 heteroatoms. The SMILES string of the molecule is CCCNC(=O)CN(C)C(=O)CCCCBr. The summed E-state index contributed by atoms with van der Waals surface area (Å²) < 4.78 is 0. The van der Waals surface area contributed by atoms with Crippen molar-refractivity contribution in [2.45, 2.75) is 32.6 Å². The molecular formula is C11H21BrN2O2. The topological polar surface area (TPSA) is 49.4 Å². The van der Waals surface area contributed by atoms with Crippen LogP contribution in [-0.2, 0) is 9.59 Å². The number of hydrogen-bond donors (Lipinski definition) is 1. The quantitative estimate of drug-likeness (QED) is 0.545. The number of likely N-dealkylation sites (N-methyl/N-ethyl adjacent to an activating group) is 1. The van der Waals surface area contributed by atoms with Gasteiger partial charge in [0.15, 0.2) is 0 Å². The third kappa shape index (κ3) is 7.68. The van der Waals surface area contributed by atoms with Gasteiger partial charge in [-0.1, -0.05) is 22.9 Å². The summed E-state index contributed by atoms with van der Waals surface area (Å²) in [6.07, 6.45) is 3.28. The predicted octanol–water partition coefficient (Wildman–Crippen LogP) is 1.54. The van der Waals surface area contributed by atoms with E-state index in [1.807, 2.05) is 6.92 Å². The summed E-state index contributed by atoms with van der Waals surface area (Å²) >= 11 is 3.32. The van der Waals surface area contributed by atoms with Crippen LogP contribution < -0.4 is 5.32 Å². The van der Waals surface area contributed by atoms with Gasteiger partial charge in [-0.05, 0) is 19.3 Å². The summed E-state index contributed by atoms with van der Waals surface area (Å²) in [7, 11) is 1.67. The van der Waals surface area contributed by atoms with Crippen molar-refractivity contribution in [2.75, 3.05) is 25.5 Å². The zero-order chi connectivity index (χ0) is 12.4. The Morgan fingerprint density at radius 1 is 1.31 bits per heavy atom. The van der Waals surface area contributed by atoms with Crippen molar-refractivity contribution >= 4 is 27.7 Å². The van der Waals surface area contributed by atoms with E-state index in [4.69, 9.17) is 0 Å². The van der Waals surface area contributed by atoms with Gasteiger partial charge in [-0.15, -0.1) is 0 Å². The van der Waals surface area contributed by atoms with Crippen LogP contribution in [0.2, 0.25) is 0 Å². The molecule has 0 radical (unpaired) electrons. The Hall–Kier alpha value is -0.580. The molecule has 0 aliphatic carbocycles. The van der Waals surface area contributed by atoms with Gasteiger partial charge in [-0.3, -0.25) is 9.59 Å². The van der Waals surface area contributed by atoms with Gasteiger partial charge in [-0.25, -0.2) is 0 Å². The van der Waals surface area contributed by atoms with E-state index >= 15 is 0 Å². The van der Waals surface area contributed by atoms with Gasteiger partial charge in [0.2, 0.25) is 11.8 Å². The number of rotatable bonds is 8. The van der Waals surface area contributed by atoms with Crippen molar-refractivity contribution in [1.29, 1.82) is 0 Å². The maximum Gasteiger partial charge on any atom is 0.239 e. The van der Waals surface area contributed by atoms with Crippen LogP contribution in [0, 0.1) is 0 Å². The Balaban J connectivity index is 3.73. The van der Waals surface area contributed by atoms with E-state index in [0.717, 1.165) is 24.6 Å². The fourth-order valence-corrected chi connectivity index (χ4v) is 1.58. The fourth-order valence-electron chi connectivity index (χ4n) is 1.19. The predicted molar refractivity (Wildman–Crippen MR) is 68.6 cm³/mol. The van der Waals surface area contributed by atoms with Crippen LogP contribution in [0.5, 0.6) is 0 Å². The minimum absolute atomic E-state index is 0.0348. The highest BCUT2D eigenvalue weighted by Gasteiger charge is 2.11. The highest BCUT2D eigenvalue weighted by Crippen LogP contribution is 2.01. The number of alkyl halides is 1. The van der Waals surface area contributed by atoms with E-state index in [1.165, 1.54) is 4.90 Å². The third-order valence-electron chi connectivity index (χ3n) is 2.15. The third-order valence-corrected chi connectivity index (χ3v) is 2.71. The molecular weight excluding hydrogens is 272 g/mol. The molecule has 0 saturated heterocycles. The summed E-state index contributed by atoms with van der Waals surface area (Å²) in [4.78, 5) is 24.4. The Bertz CT molecular complexity index is 222. The first-order valence-corrected chi connectivity index (χ1v) is 6.80. The lowest BCUT2D eigenvalue weighted by Crippen LogP contribution is -2.38. The lowest BCUT2D eigenvalue weighted by atomic mass is 10.2. The molecule has 2 amide bonds. The number of halogens is 1. The molecule has 0 spiro atoms. The molecule has 4 nitrogen and oxygen atoms in total. The molecule has 0 rings (SSSR count). The Morgan fingerprint density at radius 2 is 2.00 bits per heavy atom. The van der Waals surface area contributed by atoms with Crippen LogP contribution in [0.4, 0.5) is 0 Å². The number of nitrogens with one attached hydrogen (secondary N) is 1. The highest BCUT2D eigenvalue weighted by atomic mass is 79.9. The van der Waals surface area contributed by atoms with Gasteiger partial charge in [0, 0.05) is 25.3 Å². The van der Waals surface area contributed by atoms with Crippen LogP contribution in [0.1, 0.15) is 32.6 Å². The zero-order valence-electron chi connectivity index (χ0n) is 10.1. The van der Waals surface area contributed by atoms with Crippen LogP contribution in [0.25, 0.3) is 0 Å². The summed E-state index contributed by atoms with van der Waals surface area (Å²) in [5.74, 6) is -0.0502. The smallest absolute Gasteiger partial charge is 0.239 e. The lowest BCUT2D eigenvalue weighted by Gasteiger charge is -2.16. The number of unbranched alkanes of at least 4 members (excludes halogenated alkanes) is 1. The average molecular weight is 293 g/mol. The van der Waals surface area contributed by atoms with Gasteiger partial charge in [-0.2, -0.15) is 0 Å². The van der Waals surface area contributed by atoms with Crippen molar-refractivity contribution in [1.82, 2.24) is 10.2 Å². The van der Waals surface area contributed by atoms with Crippen LogP contribution in [0.15, 0.2) is 0 Å². The molecule has 0 fully saturated rings. The second-order valence-corrected chi connectivity index (χ2v) is 4.54.